The van der Waals surface area contributed by atoms with Crippen LogP contribution in [0.25, 0.3) is 0 Å². The molecule has 0 aromatic heterocycles. The number of carbonyl (C=O) groups excluding carboxylic acids is 1. The number of rotatable bonds is 6. The number of amides is 2. The highest BCUT2D eigenvalue weighted by Crippen LogP contribution is 2.21. The summed E-state index contributed by atoms with van der Waals surface area (Å²) in [5, 5.41) is 5.41. The Morgan fingerprint density at radius 2 is 1.69 bits per heavy atom. The molecule has 2 rings (SSSR count). The molecule has 7 heteroatoms. The molecular formula is C19H25N3O3S. The van der Waals surface area contributed by atoms with Gasteiger partial charge in [-0.3, -0.25) is 4.72 Å². The molecule has 0 aliphatic carbocycles. The third kappa shape index (κ3) is 5.49. The molecule has 2 aromatic carbocycles. The first-order valence-electron chi connectivity index (χ1n) is 8.42. The van der Waals surface area contributed by atoms with E-state index in [1.165, 1.54) is 12.1 Å². The summed E-state index contributed by atoms with van der Waals surface area (Å²) < 4.78 is 27.7. The highest BCUT2D eigenvalue weighted by atomic mass is 32.2. The van der Waals surface area contributed by atoms with E-state index in [0.29, 0.717) is 23.8 Å². The molecule has 0 atom stereocenters. The summed E-state index contributed by atoms with van der Waals surface area (Å²) in [6.45, 7) is 8.38. The fourth-order valence-corrected chi connectivity index (χ4v) is 3.45. The van der Waals surface area contributed by atoms with Gasteiger partial charge in [-0.05, 0) is 55.7 Å². The average Bonchev–Trinajstić information content (AvgIpc) is 2.56. The normalized spacial score (nSPS) is 11.3. The third-order valence-electron chi connectivity index (χ3n) is 3.72. The van der Waals surface area contributed by atoms with Crippen LogP contribution in [0.5, 0.6) is 0 Å². The number of hydrogen-bond acceptors (Lipinski definition) is 3. The Kier molecular flexibility index (Phi) is 6.26. The predicted octanol–water partition coefficient (Wildman–Crippen LogP) is 3.88. The lowest BCUT2D eigenvalue weighted by molar-refractivity contribution is 0.251. The van der Waals surface area contributed by atoms with E-state index < -0.39 is 10.0 Å². The summed E-state index contributed by atoms with van der Waals surface area (Å²) in [5.74, 6) is 0.351. The van der Waals surface area contributed by atoms with Crippen LogP contribution in [-0.4, -0.2) is 21.0 Å². The first-order valence-corrected chi connectivity index (χ1v) is 9.90. The van der Waals surface area contributed by atoms with Gasteiger partial charge in [-0.25, -0.2) is 13.2 Å². The van der Waals surface area contributed by atoms with Crippen LogP contribution in [0.15, 0.2) is 47.4 Å². The van der Waals surface area contributed by atoms with Crippen molar-refractivity contribution >= 4 is 27.4 Å². The van der Waals surface area contributed by atoms with E-state index in [-0.39, 0.29) is 10.9 Å². The maximum Gasteiger partial charge on any atom is 0.319 e. The van der Waals surface area contributed by atoms with Crippen molar-refractivity contribution in [3.63, 3.8) is 0 Å². The zero-order valence-electron chi connectivity index (χ0n) is 15.5. The molecule has 6 nitrogen and oxygen atoms in total. The molecule has 0 heterocycles. The Labute approximate surface area is 155 Å². The largest absolute Gasteiger partial charge is 0.338 e. The van der Waals surface area contributed by atoms with Gasteiger partial charge in [-0.2, -0.15) is 0 Å². The van der Waals surface area contributed by atoms with E-state index in [1.54, 1.807) is 18.2 Å². The predicted molar refractivity (Wildman–Crippen MR) is 105 cm³/mol. The van der Waals surface area contributed by atoms with Crippen LogP contribution < -0.4 is 15.4 Å². The van der Waals surface area contributed by atoms with Gasteiger partial charge in [0.2, 0.25) is 0 Å². The molecule has 0 radical (unpaired) electrons. The minimum Gasteiger partial charge on any atom is -0.338 e. The van der Waals surface area contributed by atoms with Gasteiger partial charge in [0, 0.05) is 12.2 Å². The standard InChI is InChI=1S/C19H25N3O3S/c1-13(2)12-20-19(23)21-16-6-8-17(9-7-16)26(24,25)22-18-10-5-14(3)11-15(18)4/h5-11,13,22H,12H2,1-4H3,(H2,20,21,23). The molecule has 0 unspecified atom stereocenters. The maximum atomic E-state index is 12.5. The number of urea groups is 1. The van der Waals surface area contributed by atoms with E-state index in [0.717, 1.165) is 11.1 Å². The van der Waals surface area contributed by atoms with Crippen molar-refractivity contribution in [2.75, 3.05) is 16.6 Å². The van der Waals surface area contributed by atoms with Crippen molar-refractivity contribution < 1.29 is 13.2 Å². The van der Waals surface area contributed by atoms with Gasteiger partial charge in [0.15, 0.2) is 0 Å². The molecular weight excluding hydrogens is 350 g/mol. The van der Waals surface area contributed by atoms with Gasteiger partial charge in [-0.1, -0.05) is 31.5 Å². The Bertz CT molecular complexity index is 875. The van der Waals surface area contributed by atoms with Crippen molar-refractivity contribution in [1.82, 2.24) is 5.32 Å². The molecule has 26 heavy (non-hydrogen) atoms. The second-order valence-corrected chi connectivity index (χ2v) is 8.36. The molecule has 0 aliphatic heterocycles. The van der Waals surface area contributed by atoms with Gasteiger partial charge in [0.25, 0.3) is 10.0 Å². The average molecular weight is 375 g/mol. The molecule has 2 aromatic rings. The van der Waals surface area contributed by atoms with E-state index in [2.05, 4.69) is 15.4 Å². The number of carbonyl (C=O) groups is 1. The summed E-state index contributed by atoms with van der Waals surface area (Å²) in [5.41, 5.74) is 2.99. The summed E-state index contributed by atoms with van der Waals surface area (Å²) in [6, 6.07) is 11.2. The second-order valence-electron chi connectivity index (χ2n) is 6.68. The minimum atomic E-state index is -3.69. The van der Waals surface area contributed by atoms with Crippen molar-refractivity contribution in [1.29, 1.82) is 0 Å². The third-order valence-corrected chi connectivity index (χ3v) is 5.10. The lowest BCUT2D eigenvalue weighted by Gasteiger charge is -2.12. The van der Waals surface area contributed by atoms with Crippen molar-refractivity contribution in [3.05, 3.63) is 53.6 Å². The molecule has 0 fully saturated rings. The number of sulfonamides is 1. The molecule has 0 aliphatic rings. The molecule has 3 N–H and O–H groups in total. The molecule has 0 saturated carbocycles. The van der Waals surface area contributed by atoms with Crippen LogP contribution in [0, 0.1) is 19.8 Å². The first kappa shape index (κ1) is 19.8. The molecule has 140 valence electrons. The lowest BCUT2D eigenvalue weighted by Crippen LogP contribution is -2.31. The first-order chi connectivity index (χ1) is 12.2. The topological polar surface area (TPSA) is 87.3 Å². The zero-order chi connectivity index (χ0) is 19.3. The number of hydrogen-bond donors (Lipinski definition) is 3. The Balaban J connectivity index is 2.07. The van der Waals surface area contributed by atoms with Gasteiger partial charge in [0.05, 0.1) is 10.6 Å². The molecule has 0 spiro atoms. The number of aryl methyl sites for hydroxylation is 2. The summed E-state index contributed by atoms with van der Waals surface area (Å²) in [4.78, 5) is 11.9. The number of benzene rings is 2. The molecule has 0 bridgehead atoms. The lowest BCUT2D eigenvalue weighted by atomic mass is 10.1. The van der Waals surface area contributed by atoms with Gasteiger partial charge < -0.3 is 10.6 Å². The highest BCUT2D eigenvalue weighted by molar-refractivity contribution is 7.92. The monoisotopic (exact) mass is 375 g/mol. The minimum absolute atomic E-state index is 0.130. The second kappa shape index (κ2) is 8.23. The van der Waals surface area contributed by atoms with Crippen LogP contribution >= 0.6 is 0 Å². The smallest absolute Gasteiger partial charge is 0.319 e. The Morgan fingerprint density at radius 3 is 2.27 bits per heavy atom. The van der Waals surface area contributed by atoms with Crippen LogP contribution in [0.1, 0.15) is 25.0 Å². The molecule has 2 amide bonds. The van der Waals surface area contributed by atoms with Crippen LogP contribution in [0.3, 0.4) is 0 Å². The van der Waals surface area contributed by atoms with Crippen molar-refractivity contribution in [2.24, 2.45) is 5.92 Å². The summed E-state index contributed by atoms with van der Waals surface area (Å²) in [6.07, 6.45) is 0. The van der Waals surface area contributed by atoms with Gasteiger partial charge in [-0.15, -0.1) is 0 Å². The van der Waals surface area contributed by atoms with E-state index in [4.69, 9.17) is 0 Å². The van der Waals surface area contributed by atoms with Crippen LogP contribution in [-0.2, 0) is 10.0 Å². The van der Waals surface area contributed by atoms with E-state index >= 15 is 0 Å². The number of nitrogens with one attached hydrogen (secondary N) is 3. The van der Waals surface area contributed by atoms with E-state index in [1.807, 2.05) is 39.8 Å². The molecule has 0 saturated heterocycles. The quantitative estimate of drug-likeness (QED) is 0.716. The van der Waals surface area contributed by atoms with Gasteiger partial charge >= 0.3 is 6.03 Å². The van der Waals surface area contributed by atoms with Crippen molar-refractivity contribution in [2.45, 2.75) is 32.6 Å². The summed E-state index contributed by atoms with van der Waals surface area (Å²) >= 11 is 0. The SMILES string of the molecule is Cc1ccc(NS(=O)(=O)c2ccc(NC(=O)NCC(C)C)cc2)c(C)c1. The van der Waals surface area contributed by atoms with Gasteiger partial charge in [0.1, 0.15) is 0 Å². The van der Waals surface area contributed by atoms with Crippen molar-refractivity contribution in [3.8, 4) is 0 Å². The van der Waals surface area contributed by atoms with Crippen LogP contribution in [0.4, 0.5) is 16.2 Å². The fourth-order valence-electron chi connectivity index (χ4n) is 2.32. The fraction of sp³-hybridized carbons (Fsp3) is 0.316. The van der Waals surface area contributed by atoms with Crippen LogP contribution in [0.2, 0.25) is 0 Å². The van der Waals surface area contributed by atoms with E-state index in [9.17, 15) is 13.2 Å². The highest BCUT2D eigenvalue weighted by Gasteiger charge is 2.15. The Morgan fingerprint density at radius 1 is 1.04 bits per heavy atom. The maximum absolute atomic E-state index is 12.5. The number of anilines is 2. The Hall–Kier alpha value is -2.54. The summed E-state index contributed by atoms with van der Waals surface area (Å²) in [7, 11) is -3.69. The zero-order valence-corrected chi connectivity index (χ0v) is 16.3.